The molecule has 9 aromatic carbocycles. The lowest BCUT2D eigenvalue weighted by atomic mass is 9.98. The highest BCUT2D eigenvalue weighted by Gasteiger charge is 2.18. The van der Waals surface area contributed by atoms with Gasteiger partial charge >= 0.3 is 0 Å². The number of benzene rings is 9. The van der Waals surface area contributed by atoms with Gasteiger partial charge in [0.05, 0.1) is 32.3 Å². The molecule has 0 spiro atoms. The summed E-state index contributed by atoms with van der Waals surface area (Å²) in [6, 6.07) is 77.1. The third kappa shape index (κ3) is 5.60. The van der Waals surface area contributed by atoms with Crippen LogP contribution in [0.4, 0.5) is 0 Å². The molecule has 12 aromatic rings. The zero-order chi connectivity index (χ0) is 38.9. The Labute approximate surface area is 345 Å². The van der Waals surface area contributed by atoms with Gasteiger partial charge in [-0.05, 0) is 112 Å². The molecule has 0 amide bonds. The lowest BCUT2D eigenvalue weighted by Gasteiger charge is -2.14. The van der Waals surface area contributed by atoms with Crippen LogP contribution in [0.1, 0.15) is 0 Å². The molecular formula is C55H35N3S. The summed E-state index contributed by atoms with van der Waals surface area (Å²) in [5.74, 6) is 0. The number of thiazole rings is 1. The second-order valence-electron chi connectivity index (χ2n) is 15.2. The van der Waals surface area contributed by atoms with Crippen molar-refractivity contribution in [2.75, 3.05) is 0 Å². The molecule has 0 radical (unpaired) electrons. The van der Waals surface area contributed by atoms with Crippen molar-refractivity contribution in [2.24, 2.45) is 0 Å². The first-order valence-electron chi connectivity index (χ1n) is 20.0. The molecule has 3 nitrogen and oxygen atoms in total. The smallest absolute Gasteiger partial charge is 0.124 e. The van der Waals surface area contributed by atoms with E-state index in [9.17, 15) is 0 Å². The minimum absolute atomic E-state index is 1.04. The van der Waals surface area contributed by atoms with Gasteiger partial charge in [0.1, 0.15) is 5.01 Å². The lowest BCUT2D eigenvalue weighted by Crippen LogP contribution is -1.96. The summed E-state index contributed by atoms with van der Waals surface area (Å²) in [7, 11) is 0. The van der Waals surface area contributed by atoms with Crippen molar-refractivity contribution in [3.05, 3.63) is 212 Å². The number of hydrogen-bond donors (Lipinski definition) is 0. The van der Waals surface area contributed by atoms with Crippen LogP contribution in [0.15, 0.2) is 212 Å². The van der Waals surface area contributed by atoms with Gasteiger partial charge in [0.15, 0.2) is 0 Å². The van der Waals surface area contributed by atoms with E-state index in [2.05, 4.69) is 221 Å². The third-order valence-electron chi connectivity index (χ3n) is 11.7. The molecule has 0 saturated carbocycles. The van der Waals surface area contributed by atoms with Crippen molar-refractivity contribution < 1.29 is 0 Å². The first-order valence-corrected chi connectivity index (χ1v) is 20.8. The van der Waals surface area contributed by atoms with Crippen LogP contribution in [-0.4, -0.2) is 14.1 Å². The van der Waals surface area contributed by atoms with Gasteiger partial charge in [-0.25, -0.2) is 4.98 Å². The van der Waals surface area contributed by atoms with Crippen molar-refractivity contribution in [3.8, 4) is 55.3 Å². The van der Waals surface area contributed by atoms with E-state index >= 15 is 0 Å². The zero-order valence-electron chi connectivity index (χ0n) is 32.0. The van der Waals surface area contributed by atoms with Crippen molar-refractivity contribution in [2.45, 2.75) is 0 Å². The van der Waals surface area contributed by atoms with Gasteiger partial charge in [0.25, 0.3) is 0 Å². The van der Waals surface area contributed by atoms with Gasteiger partial charge in [0, 0.05) is 38.5 Å². The van der Waals surface area contributed by atoms with Crippen LogP contribution in [0.3, 0.4) is 0 Å². The summed E-state index contributed by atoms with van der Waals surface area (Å²) in [6.07, 6.45) is 0. The molecule has 0 aliphatic carbocycles. The molecule has 0 unspecified atom stereocenters. The van der Waals surface area contributed by atoms with Crippen LogP contribution < -0.4 is 0 Å². The van der Waals surface area contributed by atoms with Gasteiger partial charge in [-0.15, -0.1) is 11.3 Å². The fourth-order valence-electron chi connectivity index (χ4n) is 8.97. The number of hydrogen-bond acceptors (Lipinski definition) is 2. The number of fused-ring (bicyclic) bond motifs is 7. The molecule has 0 bridgehead atoms. The van der Waals surface area contributed by atoms with E-state index in [-0.39, 0.29) is 0 Å². The Morgan fingerprint density at radius 1 is 0.305 bits per heavy atom. The highest BCUT2D eigenvalue weighted by atomic mass is 32.1. The first kappa shape index (κ1) is 33.6. The summed E-state index contributed by atoms with van der Waals surface area (Å²) >= 11 is 1.74. The second-order valence-corrected chi connectivity index (χ2v) is 16.2. The average molecular weight is 770 g/mol. The van der Waals surface area contributed by atoms with Gasteiger partial charge < -0.3 is 9.13 Å². The molecule has 276 valence electrons. The number of nitrogens with zero attached hydrogens (tertiary/aromatic N) is 3. The number of para-hydroxylation sites is 3. The number of aromatic nitrogens is 3. The molecule has 0 N–H and O–H groups in total. The predicted molar refractivity (Wildman–Crippen MR) is 250 cm³/mol. The fraction of sp³-hybridized carbons (Fsp3) is 0. The molecule has 0 saturated heterocycles. The molecule has 3 heterocycles. The summed E-state index contributed by atoms with van der Waals surface area (Å²) in [4.78, 5) is 4.97. The maximum atomic E-state index is 4.97. The quantitative estimate of drug-likeness (QED) is 0.165. The minimum Gasteiger partial charge on any atom is -0.309 e. The van der Waals surface area contributed by atoms with E-state index in [0.717, 1.165) is 27.5 Å². The molecule has 4 heteroatoms. The van der Waals surface area contributed by atoms with Crippen LogP contribution >= 0.6 is 11.3 Å². The number of rotatable bonds is 6. The third-order valence-corrected chi connectivity index (χ3v) is 12.8. The fourth-order valence-corrected chi connectivity index (χ4v) is 9.93. The minimum atomic E-state index is 1.04. The van der Waals surface area contributed by atoms with Crippen LogP contribution in [0.2, 0.25) is 0 Å². The topological polar surface area (TPSA) is 22.8 Å². The summed E-state index contributed by atoms with van der Waals surface area (Å²) < 4.78 is 6.04. The standard InChI is InChI=1S/C55H35N3S/c1-3-14-36(15-4-1)41-30-42(37-16-5-2-6-17-37)33-44(32-41)58-51-24-11-8-21-46(51)48-35-39(27-29-53(48)58)38-26-28-52-47(34-38)45-20-7-10-23-50(45)57(52)43-19-13-18-40(31-43)55-56-49-22-9-12-25-54(49)59-55/h1-35H. The Hall–Kier alpha value is -7.53. The Kier molecular flexibility index (Phi) is 7.72. The van der Waals surface area contributed by atoms with Gasteiger partial charge in [-0.1, -0.05) is 133 Å². The molecule has 0 aliphatic heterocycles. The maximum Gasteiger partial charge on any atom is 0.124 e. The van der Waals surface area contributed by atoms with Crippen molar-refractivity contribution in [1.29, 1.82) is 0 Å². The molecule has 59 heavy (non-hydrogen) atoms. The van der Waals surface area contributed by atoms with E-state index < -0.39 is 0 Å². The van der Waals surface area contributed by atoms with Crippen molar-refractivity contribution >= 4 is 65.2 Å². The Bertz CT molecular complexity index is 3460. The summed E-state index contributed by atoms with van der Waals surface area (Å²) in [5, 5.41) is 5.98. The van der Waals surface area contributed by atoms with Gasteiger partial charge in [-0.2, -0.15) is 0 Å². The molecule has 0 aliphatic rings. The van der Waals surface area contributed by atoms with Gasteiger partial charge in [0.2, 0.25) is 0 Å². The first-order chi connectivity index (χ1) is 29.2. The molecule has 12 rings (SSSR count). The highest BCUT2D eigenvalue weighted by Crippen LogP contribution is 2.40. The van der Waals surface area contributed by atoms with Crippen molar-refractivity contribution in [3.63, 3.8) is 0 Å². The van der Waals surface area contributed by atoms with Crippen LogP contribution in [0.5, 0.6) is 0 Å². The van der Waals surface area contributed by atoms with Crippen LogP contribution in [0, 0.1) is 0 Å². The Morgan fingerprint density at radius 3 is 1.41 bits per heavy atom. The highest BCUT2D eigenvalue weighted by molar-refractivity contribution is 7.21. The van der Waals surface area contributed by atoms with E-state index in [1.165, 1.54) is 81.7 Å². The molecular weight excluding hydrogens is 735 g/mol. The van der Waals surface area contributed by atoms with Crippen LogP contribution in [-0.2, 0) is 0 Å². The predicted octanol–water partition coefficient (Wildman–Crippen LogP) is 15.2. The van der Waals surface area contributed by atoms with Gasteiger partial charge in [-0.3, -0.25) is 0 Å². The largest absolute Gasteiger partial charge is 0.309 e. The zero-order valence-corrected chi connectivity index (χ0v) is 32.8. The van der Waals surface area contributed by atoms with E-state index in [0.29, 0.717) is 0 Å². The maximum absolute atomic E-state index is 4.97. The van der Waals surface area contributed by atoms with Crippen LogP contribution in [0.25, 0.3) is 109 Å². The molecule has 0 fully saturated rings. The second kappa shape index (κ2) is 13.6. The summed E-state index contributed by atoms with van der Waals surface area (Å²) in [6.45, 7) is 0. The molecule has 3 aromatic heterocycles. The van der Waals surface area contributed by atoms with E-state index in [1.54, 1.807) is 11.3 Å². The van der Waals surface area contributed by atoms with E-state index in [4.69, 9.17) is 4.98 Å². The lowest BCUT2D eigenvalue weighted by molar-refractivity contribution is 1.18. The SMILES string of the molecule is c1ccc(-c2cc(-c3ccccc3)cc(-n3c4ccccc4c4cc(-c5ccc6c(c5)c5ccccc5n6-c5cccc(-c6nc7ccccc7s6)c5)ccc43)c2)cc1. The average Bonchev–Trinajstić information content (AvgIpc) is 4.00. The Balaban J connectivity index is 1.00. The molecule has 0 atom stereocenters. The normalized spacial score (nSPS) is 11.7. The van der Waals surface area contributed by atoms with Crippen molar-refractivity contribution in [1.82, 2.24) is 14.1 Å². The Morgan fingerprint density at radius 2 is 0.797 bits per heavy atom. The monoisotopic (exact) mass is 769 g/mol. The van der Waals surface area contributed by atoms with E-state index in [1.807, 2.05) is 0 Å². The summed E-state index contributed by atoms with van der Waals surface area (Å²) in [5.41, 5.74) is 16.4.